The van der Waals surface area contributed by atoms with Crippen molar-refractivity contribution in [2.24, 2.45) is 0 Å². The average molecular weight is 369 g/mol. The molecule has 0 aliphatic heterocycles. The van der Waals surface area contributed by atoms with Crippen LogP contribution in [0.4, 0.5) is 0 Å². The monoisotopic (exact) mass is 368 g/mol. The van der Waals surface area contributed by atoms with Gasteiger partial charge in [-0.15, -0.1) is 0 Å². The van der Waals surface area contributed by atoms with Crippen molar-refractivity contribution < 1.29 is 0 Å². The molecule has 144 valence electrons. The second kappa shape index (κ2) is 8.35. The summed E-state index contributed by atoms with van der Waals surface area (Å²) in [7, 11) is 0. The molecule has 3 aromatic carbocycles. The van der Waals surface area contributed by atoms with Crippen molar-refractivity contribution in [1.29, 1.82) is 0 Å². The summed E-state index contributed by atoms with van der Waals surface area (Å²) in [5.41, 5.74) is 8.83. The van der Waals surface area contributed by atoms with Gasteiger partial charge < -0.3 is 0 Å². The van der Waals surface area contributed by atoms with Crippen LogP contribution in [0, 0.1) is 0 Å². The molecule has 0 fully saturated rings. The van der Waals surface area contributed by atoms with Crippen LogP contribution < -0.4 is 0 Å². The van der Waals surface area contributed by atoms with Crippen molar-refractivity contribution in [3.05, 3.63) is 76.9 Å². The van der Waals surface area contributed by atoms with Crippen LogP contribution in [0.1, 0.15) is 75.5 Å². The maximum Gasteiger partial charge on any atom is -0.00575 e. The van der Waals surface area contributed by atoms with Crippen LogP contribution in [0.3, 0.4) is 0 Å². The summed E-state index contributed by atoms with van der Waals surface area (Å²) < 4.78 is 0. The summed E-state index contributed by atoms with van der Waals surface area (Å²) in [6.07, 6.45) is 10.2. The minimum absolute atomic E-state index is 0.554. The Morgan fingerprint density at radius 3 is 2.46 bits per heavy atom. The van der Waals surface area contributed by atoms with E-state index in [0.29, 0.717) is 5.92 Å². The summed E-state index contributed by atoms with van der Waals surface area (Å²) in [5.74, 6) is 0.554. The molecule has 3 aromatic rings. The molecule has 4 rings (SSSR count). The number of rotatable bonds is 7. The van der Waals surface area contributed by atoms with E-state index in [1.807, 2.05) is 0 Å². The minimum atomic E-state index is 0.554. The van der Waals surface area contributed by atoms with Crippen molar-refractivity contribution in [2.45, 2.75) is 65.2 Å². The van der Waals surface area contributed by atoms with E-state index in [0.717, 1.165) is 6.42 Å². The second-order valence-electron chi connectivity index (χ2n) is 8.65. The zero-order valence-corrected chi connectivity index (χ0v) is 17.6. The van der Waals surface area contributed by atoms with Gasteiger partial charge >= 0.3 is 0 Å². The van der Waals surface area contributed by atoms with Crippen LogP contribution in [0.5, 0.6) is 0 Å². The van der Waals surface area contributed by atoms with Gasteiger partial charge in [-0.1, -0.05) is 100 Å². The quantitative estimate of drug-likeness (QED) is 0.366. The largest absolute Gasteiger partial charge is 0.0654 e. The first-order valence-corrected chi connectivity index (χ1v) is 11.0. The van der Waals surface area contributed by atoms with Crippen molar-refractivity contribution in [3.63, 3.8) is 0 Å². The Morgan fingerprint density at radius 1 is 0.857 bits per heavy atom. The summed E-state index contributed by atoms with van der Waals surface area (Å²) >= 11 is 0. The molecule has 1 aliphatic carbocycles. The average Bonchev–Trinajstić information content (AvgIpc) is 3.13. The third-order valence-electron chi connectivity index (χ3n) is 6.13. The lowest BCUT2D eigenvalue weighted by atomic mass is 9.90. The fourth-order valence-corrected chi connectivity index (χ4v) is 4.42. The predicted octanol–water partition coefficient (Wildman–Crippen LogP) is 8.54. The van der Waals surface area contributed by atoms with Gasteiger partial charge in [0.05, 0.1) is 0 Å². The van der Waals surface area contributed by atoms with Crippen molar-refractivity contribution in [2.75, 3.05) is 0 Å². The number of hydrogen-bond donors (Lipinski definition) is 0. The first-order chi connectivity index (χ1) is 13.7. The molecule has 0 bridgehead atoms. The Balaban J connectivity index is 1.72. The van der Waals surface area contributed by atoms with E-state index < -0.39 is 0 Å². The molecule has 0 aromatic heterocycles. The molecule has 0 spiro atoms. The van der Waals surface area contributed by atoms with Crippen LogP contribution in [0.2, 0.25) is 0 Å². The Bertz CT molecular complexity index is 1000. The topological polar surface area (TPSA) is 0 Å². The van der Waals surface area contributed by atoms with Gasteiger partial charge in [0.25, 0.3) is 0 Å². The van der Waals surface area contributed by atoms with E-state index in [2.05, 4.69) is 81.4 Å². The Kier molecular flexibility index (Phi) is 5.67. The fourth-order valence-electron chi connectivity index (χ4n) is 4.42. The first kappa shape index (κ1) is 19.0. The van der Waals surface area contributed by atoms with E-state index in [1.165, 1.54) is 70.7 Å². The minimum Gasteiger partial charge on any atom is -0.0654 e. The number of allylic oxidation sites excluding steroid dienone is 1. The van der Waals surface area contributed by atoms with E-state index in [4.69, 9.17) is 0 Å². The fraction of sp³-hybridized carbons (Fsp3) is 0.357. The maximum atomic E-state index is 2.50. The van der Waals surface area contributed by atoms with Gasteiger partial charge in [0.1, 0.15) is 0 Å². The van der Waals surface area contributed by atoms with E-state index in [-0.39, 0.29) is 0 Å². The number of benzene rings is 3. The molecule has 0 saturated heterocycles. The number of unbranched alkanes of at least 4 members (excludes halogenated alkanes) is 3. The molecular formula is C28H32. The summed E-state index contributed by atoms with van der Waals surface area (Å²) in [4.78, 5) is 0. The van der Waals surface area contributed by atoms with Crippen LogP contribution in [-0.4, -0.2) is 0 Å². The first-order valence-electron chi connectivity index (χ1n) is 11.0. The van der Waals surface area contributed by atoms with Gasteiger partial charge in [-0.2, -0.15) is 0 Å². The van der Waals surface area contributed by atoms with Crippen molar-refractivity contribution >= 4 is 16.8 Å². The summed E-state index contributed by atoms with van der Waals surface area (Å²) in [5, 5.41) is 2.64. The molecule has 0 heterocycles. The van der Waals surface area contributed by atoms with Gasteiger partial charge in [0.15, 0.2) is 0 Å². The molecule has 0 radical (unpaired) electrons. The maximum absolute atomic E-state index is 2.50. The molecule has 0 nitrogen and oxygen atoms in total. The van der Waals surface area contributed by atoms with Crippen LogP contribution in [0.15, 0.2) is 60.2 Å². The lowest BCUT2D eigenvalue weighted by molar-refractivity contribution is 0.662. The third kappa shape index (κ3) is 3.92. The van der Waals surface area contributed by atoms with Crippen LogP contribution in [-0.2, 0) is 6.42 Å². The normalized spacial score (nSPS) is 13.2. The Hall–Kier alpha value is -2.34. The highest BCUT2D eigenvalue weighted by Crippen LogP contribution is 2.39. The highest BCUT2D eigenvalue weighted by atomic mass is 14.2. The van der Waals surface area contributed by atoms with E-state index in [9.17, 15) is 0 Å². The summed E-state index contributed by atoms with van der Waals surface area (Å²) in [6.45, 7) is 6.90. The molecule has 0 unspecified atom stereocenters. The van der Waals surface area contributed by atoms with Gasteiger partial charge in [-0.3, -0.25) is 0 Å². The number of hydrogen-bond acceptors (Lipinski definition) is 0. The molecule has 0 heteroatoms. The van der Waals surface area contributed by atoms with Gasteiger partial charge in [0, 0.05) is 0 Å². The van der Waals surface area contributed by atoms with Crippen molar-refractivity contribution in [3.8, 4) is 11.1 Å². The zero-order valence-electron chi connectivity index (χ0n) is 17.6. The van der Waals surface area contributed by atoms with E-state index in [1.54, 1.807) is 5.57 Å². The van der Waals surface area contributed by atoms with Gasteiger partial charge in [-0.25, -0.2) is 0 Å². The molecule has 1 aliphatic rings. The molecule has 28 heavy (non-hydrogen) atoms. The lowest BCUT2D eigenvalue weighted by Crippen LogP contribution is -1.95. The Morgan fingerprint density at radius 2 is 1.68 bits per heavy atom. The highest BCUT2D eigenvalue weighted by molar-refractivity contribution is 5.90. The standard InChI is InChI=1S/C28H32/c1-4-5-6-7-10-21-15-26-18-25(20(2)3)19-28(27(26)16-21)24-14-13-22-11-8-9-12-23(22)17-24/h8-9,11-14,16-20H,4-7,10,15H2,1-3H3. The molecule has 0 saturated carbocycles. The van der Waals surface area contributed by atoms with Gasteiger partial charge in [-0.05, 0) is 69.8 Å². The SMILES string of the molecule is CCCCCCC1=Cc2c(cc(C(C)C)cc2-c2ccc3ccccc3c2)C1. The zero-order chi connectivity index (χ0) is 19.5. The Labute approximate surface area is 170 Å². The van der Waals surface area contributed by atoms with Crippen LogP contribution >= 0.6 is 0 Å². The van der Waals surface area contributed by atoms with Crippen molar-refractivity contribution in [1.82, 2.24) is 0 Å². The molecule has 0 amide bonds. The third-order valence-corrected chi connectivity index (χ3v) is 6.13. The molecule has 0 N–H and O–H groups in total. The smallest absolute Gasteiger partial charge is 0.00575 e. The number of fused-ring (bicyclic) bond motifs is 2. The van der Waals surface area contributed by atoms with Gasteiger partial charge in [0.2, 0.25) is 0 Å². The lowest BCUT2D eigenvalue weighted by Gasteiger charge is -2.15. The highest BCUT2D eigenvalue weighted by Gasteiger charge is 2.19. The predicted molar refractivity (Wildman–Crippen MR) is 124 cm³/mol. The molecular weight excluding hydrogens is 336 g/mol. The van der Waals surface area contributed by atoms with Crippen LogP contribution in [0.25, 0.3) is 28.0 Å². The molecule has 0 atom stereocenters. The van der Waals surface area contributed by atoms with E-state index >= 15 is 0 Å². The summed E-state index contributed by atoms with van der Waals surface area (Å²) in [6, 6.07) is 20.5. The second-order valence-corrected chi connectivity index (χ2v) is 8.65.